The molecule has 1 aliphatic heterocycles. The molecule has 4 rings (SSSR count). The van der Waals surface area contributed by atoms with Crippen molar-refractivity contribution < 1.29 is 0 Å². The highest BCUT2D eigenvalue weighted by atomic mass is 32.1. The fraction of sp³-hybridized carbons (Fsp3) is 0.400. The molecule has 32 heavy (non-hydrogen) atoms. The Morgan fingerprint density at radius 3 is 2.94 bits per heavy atom. The summed E-state index contributed by atoms with van der Waals surface area (Å²) in [4.78, 5) is 13.3. The first-order chi connectivity index (χ1) is 15.6. The Morgan fingerprint density at radius 2 is 2.16 bits per heavy atom. The second-order valence-electron chi connectivity index (χ2n) is 8.30. The Bertz CT molecular complexity index is 1070. The normalized spacial score (nSPS) is 16.0. The van der Waals surface area contributed by atoms with Crippen molar-refractivity contribution in [3.63, 3.8) is 0 Å². The smallest absolute Gasteiger partial charge is 0.229 e. The molecule has 7 heteroatoms. The fourth-order valence-electron chi connectivity index (χ4n) is 4.04. The van der Waals surface area contributed by atoms with E-state index in [0.717, 1.165) is 61.7 Å². The molecule has 166 valence electrons. The zero-order valence-electron chi connectivity index (χ0n) is 18.8. The Hall–Kier alpha value is -2.95. The Morgan fingerprint density at radius 1 is 1.25 bits per heavy atom. The highest BCUT2D eigenvalue weighted by molar-refractivity contribution is 7.09. The topological polar surface area (TPSA) is 76.9 Å². The molecule has 3 aromatic rings. The highest BCUT2D eigenvalue weighted by Crippen LogP contribution is 2.24. The van der Waals surface area contributed by atoms with Crippen LogP contribution in [0.1, 0.15) is 47.9 Å². The number of anilines is 3. The molecule has 0 aliphatic carbocycles. The van der Waals surface area contributed by atoms with E-state index in [0.29, 0.717) is 17.6 Å². The van der Waals surface area contributed by atoms with Crippen LogP contribution in [0.4, 0.5) is 17.5 Å². The molecule has 3 heterocycles. The summed E-state index contributed by atoms with van der Waals surface area (Å²) in [7, 11) is 0. The first-order valence-corrected chi connectivity index (χ1v) is 12.2. The van der Waals surface area contributed by atoms with Crippen molar-refractivity contribution >= 4 is 28.8 Å². The molecule has 0 amide bonds. The van der Waals surface area contributed by atoms with Gasteiger partial charge in [-0.3, -0.25) is 0 Å². The first kappa shape index (κ1) is 22.3. The molecule has 1 atom stereocenters. The number of benzene rings is 1. The molecule has 1 fully saturated rings. The number of nitriles is 1. The molecule has 0 unspecified atom stereocenters. The van der Waals surface area contributed by atoms with Crippen LogP contribution in [0.5, 0.6) is 0 Å². The first-order valence-electron chi connectivity index (χ1n) is 11.3. The molecule has 0 radical (unpaired) electrons. The van der Waals surface area contributed by atoms with E-state index in [2.05, 4.69) is 52.1 Å². The molecule has 0 spiro atoms. The van der Waals surface area contributed by atoms with Crippen molar-refractivity contribution in [3.05, 3.63) is 63.5 Å². The minimum absolute atomic E-state index is 0.446. The van der Waals surface area contributed by atoms with Crippen molar-refractivity contribution in [2.24, 2.45) is 0 Å². The molecule has 0 bridgehead atoms. The van der Waals surface area contributed by atoms with E-state index in [1.807, 2.05) is 25.1 Å². The second kappa shape index (κ2) is 10.6. The number of thiophene rings is 1. The standard InChI is InChI=1S/C25H30N6S/c1-3-6-20-14-24(30-25(28-20)29-21-10-9-18(2)19(13-21)15-26)31-11-4-7-22(17-31)27-16-23-8-5-12-32-23/h5,8-10,12-14,22,27H,3-4,6-7,11,16-17H2,1-2H3,(H,28,29,30)/t22-/m1/s1. The number of hydrogen-bond donors (Lipinski definition) is 2. The molecule has 2 N–H and O–H groups in total. The van der Waals surface area contributed by atoms with E-state index >= 15 is 0 Å². The van der Waals surface area contributed by atoms with E-state index in [1.54, 1.807) is 11.3 Å². The van der Waals surface area contributed by atoms with Gasteiger partial charge in [-0.15, -0.1) is 11.3 Å². The van der Waals surface area contributed by atoms with Crippen molar-refractivity contribution in [2.75, 3.05) is 23.3 Å². The SMILES string of the molecule is CCCc1cc(N2CCC[C@@H](NCc3cccs3)C2)nc(Nc2ccc(C)c(C#N)c2)n1. The lowest BCUT2D eigenvalue weighted by molar-refractivity contribution is 0.421. The Kier molecular flexibility index (Phi) is 7.35. The third kappa shape index (κ3) is 5.64. The Balaban J connectivity index is 1.51. The molecular weight excluding hydrogens is 416 g/mol. The van der Waals surface area contributed by atoms with Gasteiger partial charge in [0.25, 0.3) is 0 Å². The second-order valence-corrected chi connectivity index (χ2v) is 9.34. The third-order valence-corrected chi connectivity index (χ3v) is 6.65. The predicted molar refractivity (Wildman–Crippen MR) is 132 cm³/mol. The van der Waals surface area contributed by atoms with Crippen LogP contribution in [0.15, 0.2) is 41.8 Å². The number of nitrogens with zero attached hydrogens (tertiary/aromatic N) is 4. The average Bonchev–Trinajstić information content (AvgIpc) is 3.33. The lowest BCUT2D eigenvalue weighted by Crippen LogP contribution is -2.45. The zero-order chi connectivity index (χ0) is 22.3. The summed E-state index contributed by atoms with van der Waals surface area (Å²) in [6.07, 6.45) is 4.26. The van der Waals surface area contributed by atoms with E-state index in [9.17, 15) is 5.26 Å². The van der Waals surface area contributed by atoms with Crippen LogP contribution in [0.25, 0.3) is 0 Å². The number of piperidine rings is 1. The summed E-state index contributed by atoms with van der Waals surface area (Å²) in [5.41, 5.74) is 3.51. The zero-order valence-corrected chi connectivity index (χ0v) is 19.6. The quantitative estimate of drug-likeness (QED) is 0.497. The van der Waals surface area contributed by atoms with Gasteiger partial charge < -0.3 is 15.5 Å². The number of aryl methyl sites for hydroxylation is 2. The summed E-state index contributed by atoms with van der Waals surface area (Å²) in [5.74, 6) is 1.56. The average molecular weight is 447 g/mol. The third-order valence-electron chi connectivity index (χ3n) is 5.78. The molecule has 1 aliphatic rings. The van der Waals surface area contributed by atoms with E-state index in [4.69, 9.17) is 9.97 Å². The Labute approximate surface area is 194 Å². The minimum atomic E-state index is 0.446. The maximum Gasteiger partial charge on any atom is 0.229 e. The van der Waals surface area contributed by atoms with Crippen molar-refractivity contribution in [2.45, 2.75) is 52.1 Å². The van der Waals surface area contributed by atoms with Gasteiger partial charge in [-0.05, 0) is 55.3 Å². The molecule has 1 saturated heterocycles. The molecule has 6 nitrogen and oxygen atoms in total. The summed E-state index contributed by atoms with van der Waals surface area (Å²) in [6.45, 7) is 6.97. The monoisotopic (exact) mass is 446 g/mol. The summed E-state index contributed by atoms with van der Waals surface area (Å²) in [6, 6.07) is 14.9. The van der Waals surface area contributed by atoms with E-state index in [1.165, 1.54) is 11.3 Å². The van der Waals surface area contributed by atoms with Gasteiger partial charge in [0.05, 0.1) is 11.6 Å². The van der Waals surface area contributed by atoms with Gasteiger partial charge in [-0.25, -0.2) is 4.98 Å². The highest BCUT2D eigenvalue weighted by Gasteiger charge is 2.22. The van der Waals surface area contributed by atoms with E-state index in [-0.39, 0.29) is 0 Å². The van der Waals surface area contributed by atoms with Crippen LogP contribution < -0.4 is 15.5 Å². The molecule has 0 saturated carbocycles. The van der Waals surface area contributed by atoms with Gasteiger partial charge >= 0.3 is 0 Å². The van der Waals surface area contributed by atoms with Gasteiger partial charge in [0.1, 0.15) is 5.82 Å². The van der Waals surface area contributed by atoms with Gasteiger partial charge in [-0.2, -0.15) is 10.2 Å². The van der Waals surface area contributed by atoms with Crippen molar-refractivity contribution in [3.8, 4) is 6.07 Å². The van der Waals surface area contributed by atoms with Gasteiger partial charge in [-0.1, -0.05) is 25.5 Å². The predicted octanol–water partition coefficient (Wildman–Crippen LogP) is 5.17. The molecule has 2 aromatic heterocycles. The van der Waals surface area contributed by atoms with Crippen LogP contribution in [0.3, 0.4) is 0 Å². The summed E-state index contributed by atoms with van der Waals surface area (Å²) < 4.78 is 0. The van der Waals surface area contributed by atoms with Crippen LogP contribution in [-0.2, 0) is 13.0 Å². The maximum atomic E-state index is 9.35. The summed E-state index contributed by atoms with van der Waals surface area (Å²) in [5, 5.41) is 18.5. The van der Waals surface area contributed by atoms with Crippen LogP contribution >= 0.6 is 11.3 Å². The van der Waals surface area contributed by atoms with Crippen LogP contribution in [0.2, 0.25) is 0 Å². The number of nitrogens with one attached hydrogen (secondary N) is 2. The van der Waals surface area contributed by atoms with E-state index < -0.39 is 0 Å². The van der Waals surface area contributed by atoms with Gasteiger partial charge in [0.15, 0.2) is 0 Å². The summed E-state index contributed by atoms with van der Waals surface area (Å²) >= 11 is 1.80. The fourth-order valence-corrected chi connectivity index (χ4v) is 4.70. The van der Waals surface area contributed by atoms with Gasteiger partial charge in [0, 0.05) is 48.0 Å². The number of rotatable bonds is 8. The number of hydrogen-bond acceptors (Lipinski definition) is 7. The van der Waals surface area contributed by atoms with Crippen LogP contribution in [-0.4, -0.2) is 29.1 Å². The lowest BCUT2D eigenvalue weighted by atomic mass is 10.1. The van der Waals surface area contributed by atoms with Gasteiger partial charge in [0.2, 0.25) is 5.95 Å². The maximum absolute atomic E-state index is 9.35. The van der Waals surface area contributed by atoms with Crippen LogP contribution in [0, 0.1) is 18.3 Å². The number of aromatic nitrogens is 2. The largest absolute Gasteiger partial charge is 0.355 e. The minimum Gasteiger partial charge on any atom is -0.355 e. The molecular formula is C25H30N6S. The van der Waals surface area contributed by atoms with Crippen molar-refractivity contribution in [1.82, 2.24) is 15.3 Å². The molecule has 1 aromatic carbocycles. The van der Waals surface area contributed by atoms with Crippen molar-refractivity contribution in [1.29, 1.82) is 5.26 Å². The lowest BCUT2D eigenvalue weighted by Gasteiger charge is -2.34.